The van der Waals surface area contributed by atoms with Crippen LogP contribution in [-0.4, -0.2) is 90.1 Å². The van der Waals surface area contributed by atoms with Gasteiger partial charge >= 0.3 is 0 Å². The van der Waals surface area contributed by atoms with Crippen molar-refractivity contribution < 1.29 is 9.47 Å². The first-order valence-electron chi connectivity index (χ1n) is 11.9. The summed E-state index contributed by atoms with van der Waals surface area (Å²) in [6.45, 7) is 16.2. The monoisotopic (exact) mass is 471 g/mol. The SMILES string of the molecule is CC(C)(C)N1CCN(c2ncc(OCc3ccc(SCCN4CCOCC4)cc3)cn2)CC1. The van der Waals surface area contributed by atoms with Crippen molar-refractivity contribution in [2.24, 2.45) is 0 Å². The number of nitrogens with zero attached hydrogens (tertiary/aromatic N) is 5. The van der Waals surface area contributed by atoms with Gasteiger partial charge in [-0.05, 0) is 38.5 Å². The molecule has 1 aromatic heterocycles. The molecular weight excluding hydrogens is 434 g/mol. The van der Waals surface area contributed by atoms with Gasteiger partial charge in [-0.2, -0.15) is 0 Å². The molecule has 7 nitrogen and oxygen atoms in total. The standard InChI is InChI=1S/C25H37N5O2S/c1-25(2,3)30-10-8-29(9-11-30)24-26-18-22(19-27-24)32-20-21-4-6-23(7-5-21)33-17-14-28-12-15-31-16-13-28/h4-7,18-19H,8-17,20H2,1-3H3. The Kier molecular flexibility index (Phi) is 8.46. The summed E-state index contributed by atoms with van der Waals surface area (Å²) >= 11 is 1.90. The number of anilines is 1. The summed E-state index contributed by atoms with van der Waals surface area (Å²) in [6.07, 6.45) is 3.57. The van der Waals surface area contributed by atoms with Gasteiger partial charge in [-0.1, -0.05) is 12.1 Å². The largest absolute Gasteiger partial charge is 0.486 e. The van der Waals surface area contributed by atoms with E-state index in [2.05, 4.69) is 69.7 Å². The Morgan fingerprint density at radius 3 is 2.24 bits per heavy atom. The summed E-state index contributed by atoms with van der Waals surface area (Å²) < 4.78 is 11.3. The minimum atomic E-state index is 0.213. The molecule has 8 heteroatoms. The summed E-state index contributed by atoms with van der Waals surface area (Å²) in [5.74, 6) is 2.59. The molecule has 1 aromatic carbocycles. The summed E-state index contributed by atoms with van der Waals surface area (Å²) in [5.41, 5.74) is 1.36. The minimum Gasteiger partial charge on any atom is -0.486 e. The second-order valence-electron chi connectivity index (χ2n) is 9.60. The van der Waals surface area contributed by atoms with Crippen LogP contribution in [0.2, 0.25) is 0 Å². The van der Waals surface area contributed by atoms with Crippen LogP contribution in [0.5, 0.6) is 5.75 Å². The van der Waals surface area contributed by atoms with Gasteiger partial charge in [0.2, 0.25) is 5.95 Å². The van der Waals surface area contributed by atoms with Crippen LogP contribution in [-0.2, 0) is 11.3 Å². The third-order valence-electron chi connectivity index (χ3n) is 6.23. The number of thioether (sulfide) groups is 1. The van der Waals surface area contributed by atoms with Gasteiger partial charge in [0.15, 0.2) is 5.75 Å². The van der Waals surface area contributed by atoms with E-state index >= 15 is 0 Å². The quantitative estimate of drug-likeness (QED) is 0.543. The molecule has 2 saturated heterocycles. The molecule has 0 bridgehead atoms. The Hall–Kier alpha value is -1.87. The molecule has 2 aliphatic heterocycles. The molecule has 0 aliphatic carbocycles. The number of rotatable bonds is 8. The maximum atomic E-state index is 5.92. The Morgan fingerprint density at radius 2 is 1.61 bits per heavy atom. The molecule has 0 unspecified atom stereocenters. The molecule has 0 amide bonds. The van der Waals surface area contributed by atoms with E-state index in [9.17, 15) is 0 Å². The van der Waals surface area contributed by atoms with E-state index < -0.39 is 0 Å². The van der Waals surface area contributed by atoms with Crippen LogP contribution in [0.4, 0.5) is 5.95 Å². The van der Waals surface area contributed by atoms with Gasteiger partial charge in [-0.3, -0.25) is 9.80 Å². The third kappa shape index (κ3) is 7.30. The van der Waals surface area contributed by atoms with Crippen molar-refractivity contribution in [2.75, 3.05) is 69.7 Å². The number of morpholine rings is 1. The number of aromatic nitrogens is 2. The molecule has 3 heterocycles. The Bertz CT molecular complexity index is 843. The van der Waals surface area contributed by atoms with Crippen LogP contribution < -0.4 is 9.64 Å². The minimum absolute atomic E-state index is 0.213. The average molecular weight is 472 g/mol. The first kappa shape index (κ1) is 24.3. The Balaban J connectivity index is 1.18. The average Bonchev–Trinajstić information content (AvgIpc) is 2.84. The van der Waals surface area contributed by atoms with E-state index in [-0.39, 0.29) is 5.54 Å². The van der Waals surface area contributed by atoms with E-state index in [0.717, 1.165) is 76.3 Å². The smallest absolute Gasteiger partial charge is 0.225 e. The highest BCUT2D eigenvalue weighted by atomic mass is 32.2. The zero-order valence-electron chi connectivity index (χ0n) is 20.2. The zero-order chi connectivity index (χ0) is 23.1. The predicted octanol–water partition coefficient (Wildman–Crippen LogP) is 3.40. The van der Waals surface area contributed by atoms with Gasteiger partial charge in [-0.15, -0.1) is 11.8 Å². The van der Waals surface area contributed by atoms with Crippen LogP contribution in [0.1, 0.15) is 26.3 Å². The van der Waals surface area contributed by atoms with Crippen molar-refractivity contribution in [3.63, 3.8) is 0 Å². The highest BCUT2D eigenvalue weighted by molar-refractivity contribution is 7.99. The fraction of sp³-hybridized carbons (Fsp3) is 0.600. The lowest BCUT2D eigenvalue weighted by molar-refractivity contribution is 0.0410. The Labute approximate surface area is 202 Å². The normalized spacial score (nSPS) is 18.5. The molecule has 33 heavy (non-hydrogen) atoms. The van der Waals surface area contributed by atoms with Crippen molar-refractivity contribution in [1.82, 2.24) is 19.8 Å². The fourth-order valence-electron chi connectivity index (χ4n) is 4.09. The van der Waals surface area contributed by atoms with E-state index in [1.165, 1.54) is 4.90 Å². The maximum absolute atomic E-state index is 5.92. The van der Waals surface area contributed by atoms with Crippen molar-refractivity contribution in [2.45, 2.75) is 37.8 Å². The van der Waals surface area contributed by atoms with Gasteiger partial charge in [0.1, 0.15) is 6.61 Å². The molecule has 0 saturated carbocycles. The molecule has 2 aromatic rings. The van der Waals surface area contributed by atoms with Gasteiger partial charge in [0.05, 0.1) is 25.6 Å². The second-order valence-corrected chi connectivity index (χ2v) is 10.8. The van der Waals surface area contributed by atoms with Gasteiger partial charge in [0.25, 0.3) is 0 Å². The van der Waals surface area contributed by atoms with Crippen LogP contribution in [0.3, 0.4) is 0 Å². The fourth-order valence-corrected chi connectivity index (χ4v) is 5.00. The highest BCUT2D eigenvalue weighted by Crippen LogP contribution is 2.21. The van der Waals surface area contributed by atoms with Crippen molar-refractivity contribution in [3.05, 3.63) is 42.2 Å². The second kappa shape index (κ2) is 11.5. The van der Waals surface area contributed by atoms with E-state index in [1.54, 1.807) is 12.4 Å². The van der Waals surface area contributed by atoms with Crippen molar-refractivity contribution in [1.29, 1.82) is 0 Å². The number of ether oxygens (including phenoxy) is 2. The lowest BCUT2D eigenvalue weighted by Gasteiger charge is -2.42. The van der Waals surface area contributed by atoms with Gasteiger partial charge in [-0.25, -0.2) is 9.97 Å². The molecule has 2 fully saturated rings. The number of hydrogen-bond donors (Lipinski definition) is 0. The summed E-state index contributed by atoms with van der Waals surface area (Å²) in [6, 6.07) is 8.64. The number of benzene rings is 1. The van der Waals surface area contributed by atoms with Gasteiger partial charge < -0.3 is 14.4 Å². The summed E-state index contributed by atoms with van der Waals surface area (Å²) in [5, 5.41) is 0. The maximum Gasteiger partial charge on any atom is 0.225 e. The highest BCUT2D eigenvalue weighted by Gasteiger charge is 2.26. The third-order valence-corrected chi connectivity index (χ3v) is 7.23. The van der Waals surface area contributed by atoms with Crippen LogP contribution >= 0.6 is 11.8 Å². The van der Waals surface area contributed by atoms with Crippen LogP contribution in [0.15, 0.2) is 41.6 Å². The zero-order valence-corrected chi connectivity index (χ0v) is 21.0. The number of piperazine rings is 1. The molecule has 0 N–H and O–H groups in total. The lowest BCUT2D eigenvalue weighted by Crippen LogP contribution is -2.53. The first-order valence-corrected chi connectivity index (χ1v) is 12.9. The topological polar surface area (TPSA) is 54.0 Å². The van der Waals surface area contributed by atoms with E-state index in [0.29, 0.717) is 12.4 Å². The molecule has 0 radical (unpaired) electrons. The number of hydrogen-bond acceptors (Lipinski definition) is 8. The summed E-state index contributed by atoms with van der Waals surface area (Å²) in [4.78, 5) is 17.6. The van der Waals surface area contributed by atoms with E-state index in [4.69, 9.17) is 9.47 Å². The van der Waals surface area contributed by atoms with Crippen molar-refractivity contribution in [3.8, 4) is 5.75 Å². The van der Waals surface area contributed by atoms with Crippen LogP contribution in [0.25, 0.3) is 0 Å². The van der Waals surface area contributed by atoms with Crippen LogP contribution in [0, 0.1) is 0 Å². The molecular formula is C25H37N5O2S. The van der Waals surface area contributed by atoms with E-state index in [1.807, 2.05) is 11.8 Å². The predicted molar refractivity (Wildman–Crippen MR) is 134 cm³/mol. The first-order chi connectivity index (χ1) is 16.0. The summed E-state index contributed by atoms with van der Waals surface area (Å²) in [7, 11) is 0. The molecule has 180 valence electrons. The molecule has 2 aliphatic rings. The Morgan fingerprint density at radius 1 is 0.939 bits per heavy atom. The van der Waals surface area contributed by atoms with Gasteiger partial charge in [0, 0.05) is 62.0 Å². The molecule has 4 rings (SSSR count). The molecule has 0 spiro atoms. The van der Waals surface area contributed by atoms with Crippen molar-refractivity contribution >= 4 is 17.7 Å². The molecule has 0 atom stereocenters. The lowest BCUT2D eigenvalue weighted by atomic mass is 10.1.